The lowest BCUT2D eigenvalue weighted by Gasteiger charge is -2.10. The highest BCUT2D eigenvalue weighted by atomic mass is 35.5. The van der Waals surface area contributed by atoms with E-state index in [0.29, 0.717) is 22.9 Å². The van der Waals surface area contributed by atoms with Crippen LogP contribution in [0, 0.1) is 13.8 Å². The van der Waals surface area contributed by atoms with Crippen LogP contribution < -0.4 is 4.74 Å². The lowest BCUT2D eigenvalue weighted by atomic mass is 10.2. The van der Waals surface area contributed by atoms with Gasteiger partial charge in [0, 0.05) is 28.9 Å². The molecule has 3 aromatic rings. The third-order valence-electron chi connectivity index (χ3n) is 4.60. The minimum absolute atomic E-state index is 0.314. The fourth-order valence-corrected chi connectivity index (χ4v) is 3.41. The van der Waals surface area contributed by atoms with Crippen molar-refractivity contribution in [3.05, 3.63) is 76.1 Å². The first kappa shape index (κ1) is 20.7. The van der Waals surface area contributed by atoms with Crippen LogP contribution in [-0.4, -0.2) is 30.5 Å². The number of hydrogen-bond acceptors (Lipinski definition) is 4. The maximum Gasteiger partial charge on any atom is 0.338 e. The van der Waals surface area contributed by atoms with Crippen molar-refractivity contribution in [2.24, 2.45) is 4.99 Å². The summed E-state index contributed by atoms with van der Waals surface area (Å²) in [6, 6.07) is 14.9. The van der Waals surface area contributed by atoms with Crippen molar-refractivity contribution in [2.75, 3.05) is 13.7 Å². The Balaban J connectivity index is 1.87. The van der Waals surface area contributed by atoms with Crippen molar-refractivity contribution in [1.29, 1.82) is 0 Å². The molecule has 0 saturated heterocycles. The minimum Gasteiger partial charge on any atom is -0.495 e. The van der Waals surface area contributed by atoms with Crippen molar-refractivity contribution >= 4 is 29.5 Å². The predicted octanol–water partition coefficient (Wildman–Crippen LogP) is 5.68. The van der Waals surface area contributed by atoms with Crippen LogP contribution in [-0.2, 0) is 4.74 Å². The van der Waals surface area contributed by atoms with Gasteiger partial charge >= 0.3 is 5.97 Å². The van der Waals surface area contributed by atoms with E-state index < -0.39 is 0 Å². The van der Waals surface area contributed by atoms with Gasteiger partial charge in [-0.2, -0.15) is 0 Å². The molecule has 0 aliphatic carbocycles. The van der Waals surface area contributed by atoms with Crippen LogP contribution in [0.5, 0.6) is 5.75 Å². The molecule has 150 valence electrons. The van der Waals surface area contributed by atoms with E-state index in [1.165, 1.54) is 0 Å². The van der Waals surface area contributed by atoms with E-state index in [2.05, 4.69) is 15.6 Å². The summed E-state index contributed by atoms with van der Waals surface area (Å²) in [5.74, 6) is 0.307. The number of hydrogen-bond donors (Lipinski definition) is 0. The average Bonchev–Trinajstić information content (AvgIpc) is 3.00. The van der Waals surface area contributed by atoms with E-state index in [1.54, 1.807) is 38.3 Å². The van der Waals surface area contributed by atoms with Gasteiger partial charge < -0.3 is 14.0 Å². The van der Waals surface area contributed by atoms with Gasteiger partial charge in [-0.3, -0.25) is 4.99 Å². The maximum absolute atomic E-state index is 11.9. The van der Waals surface area contributed by atoms with Gasteiger partial charge in [0.15, 0.2) is 0 Å². The molecule has 0 fully saturated rings. The zero-order valence-electron chi connectivity index (χ0n) is 16.9. The Bertz CT molecular complexity index is 1050. The summed E-state index contributed by atoms with van der Waals surface area (Å²) in [7, 11) is 1.58. The number of esters is 1. The molecule has 2 aromatic carbocycles. The summed E-state index contributed by atoms with van der Waals surface area (Å²) in [4.78, 5) is 16.4. The Morgan fingerprint density at radius 3 is 2.48 bits per heavy atom. The second-order valence-corrected chi connectivity index (χ2v) is 6.91. The fraction of sp³-hybridized carbons (Fsp3) is 0.217. The predicted molar refractivity (Wildman–Crippen MR) is 116 cm³/mol. The molecular weight excluding hydrogens is 388 g/mol. The number of halogens is 1. The molecule has 29 heavy (non-hydrogen) atoms. The molecule has 0 amide bonds. The second kappa shape index (κ2) is 8.97. The summed E-state index contributed by atoms with van der Waals surface area (Å²) in [6.07, 6.45) is 1.82. The van der Waals surface area contributed by atoms with E-state index in [0.717, 1.165) is 28.3 Å². The standard InChI is InChI=1S/C23H23ClN2O3/c1-5-29-23(27)17-6-9-20(10-7-17)26-15(2)12-18(16(26)3)14-25-19-8-11-22(28-4)21(24)13-19/h6-14H,5H2,1-4H3. The number of nitrogens with zero attached hydrogens (tertiary/aromatic N) is 2. The number of aliphatic imine (C=N–C) groups is 1. The van der Waals surface area contributed by atoms with Crippen molar-refractivity contribution in [3.63, 3.8) is 0 Å². The molecule has 1 heterocycles. The second-order valence-electron chi connectivity index (χ2n) is 6.51. The minimum atomic E-state index is -0.314. The van der Waals surface area contributed by atoms with Crippen molar-refractivity contribution < 1.29 is 14.3 Å². The van der Waals surface area contributed by atoms with Gasteiger partial charge in [-0.15, -0.1) is 0 Å². The molecule has 0 spiro atoms. The summed E-state index contributed by atoms with van der Waals surface area (Å²) in [6.45, 7) is 6.22. The lowest BCUT2D eigenvalue weighted by Crippen LogP contribution is -2.05. The van der Waals surface area contributed by atoms with E-state index in [4.69, 9.17) is 21.1 Å². The molecule has 0 aliphatic heterocycles. The quantitative estimate of drug-likeness (QED) is 0.388. The van der Waals surface area contributed by atoms with Crippen molar-refractivity contribution in [2.45, 2.75) is 20.8 Å². The molecule has 0 N–H and O–H groups in total. The first-order valence-electron chi connectivity index (χ1n) is 9.28. The summed E-state index contributed by atoms with van der Waals surface area (Å²) in [5.41, 5.74) is 5.38. The molecule has 1 aromatic heterocycles. The smallest absolute Gasteiger partial charge is 0.338 e. The molecule has 0 radical (unpaired) electrons. The molecule has 6 heteroatoms. The molecule has 5 nitrogen and oxygen atoms in total. The van der Waals surface area contributed by atoms with Crippen LogP contribution >= 0.6 is 11.6 Å². The van der Waals surface area contributed by atoms with Gasteiger partial charge in [-0.1, -0.05) is 11.6 Å². The number of ether oxygens (including phenoxy) is 2. The molecule has 0 saturated carbocycles. The highest BCUT2D eigenvalue weighted by molar-refractivity contribution is 6.32. The Morgan fingerprint density at radius 2 is 1.86 bits per heavy atom. The summed E-state index contributed by atoms with van der Waals surface area (Å²) >= 11 is 6.17. The monoisotopic (exact) mass is 410 g/mol. The van der Waals surface area contributed by atoms with Crippen LogP contribution in [0.3, 0.4) is 0 Å². The van der Waals surface area contributed by atoms with Crippen molar-refractivity contribution in [3.8, 4) is 11.4 Å². The average molecular weight is 411 g/mol. The Morgan fingerprint density at radius 1 is 1.14 bits per heavy atom. The molecule has 0 atom stereocenters. The Kier molecular flexibility index (Phi) is 6.39. The fourth-order valence-electron chi connectivity index (χ4n) is 3.16. The number of rotatable bonds is 6. The molecule has 0 bridgehead atoms. The van der Waals surface area contributed by atoms with Crippen LogP contribution in [0.2, 0.25) is 5.02 Å². The number of benzene rings is 2. The van der Waals surface area contributed by atoms with Gasteiger partial charge in [0.2, 0.25) is 0 Å². The number of methoxy groups -OCH3 is 1. The molecule has 0 unspecified atom stereocenters. The van der Waals surface area contributed by atoms with Gasteiger partial charge in [-0.05, 0) is 69.3 Å². The van der Waals surface area contributed by atoms with Crippen LogP contribution in [0.15, 0.2) is 53.5 Å². The number of aryl methyl sites for hydroxylation is 1. The lowest BCUT2D eigenvalue weighted by molar-refractivity contribution is 0.0526. The van der Waals surface area contributed by atoms with Gasteiger partial charge in [0.1, 0.15) is 5.75 Å². The highest BCUT2D eigenvalue weighted by Gasteiger charge is 2.11. The van der Waals surface area contributed by atoms with E-state index in [1.807, 2.05) is 38.3 Å². The zero-order chi connectivity index (χ0) is 21.0. The van der Waals surface area contributed by atoms with E-state index >= 15 is 0 Å². The van der Waals surface area contributed by atoms with Crippen LogP contribution in [0.4, 0.5) is 5.69 Å². The van der Waals surface area contributed by atoms with Crippen LogP contribution in [0.25, 0.3) is 5.69 Å². The number of carbonyl (C=O) groups excluding carboxylic acids is 1. The van der Waals surface area contributed by atoms with E-state index in [9.17, 15) is 4.79 Å². The van der Waals surface area contributed by atoms with Gasteiger partial charge in [0.05, 0.1) is 30.0 Å². The highest BCUT2D eigenvalue weighted by Crippen LogP contribution is 2.29. The first-order valence-corrected chi connectivity index (χ1v) is 9.66. The molecular formula is C23H23ClN2O3. The Hall–Kier alpha value is -3.05. The number of carbonyl (C=O) groups is 1. The van der Waals surface area contributed by atoms with E-state index in [-0.39, 0.29) is 5.97 Å². The largest absolute Gasteiger partial charge is 0.495 e. The van der Waals surface area contributed by atoms with Crippen LogP contribution in [0.1, 0.15) is 34.2 Å². The summed E-state index contributed by atoms with van der Waals surface area (Å²) in [5, 5.41) is 0.523. The Labute approximate surface area is 175 Å². The number of aromatic nitrogens is 1. The van der Waals surface area contributed by atoms with Gasteiger partial charge in [0.25, 0.3) is 0 Å². The molecule has 0 aliphatic rings. The first-order chi connectivity index (χ1) is 13.9. The third-order valence-corrected chi connectivity index (χ3v) is 4.89. The third kappa shape index (κ3) is 4.51. The normalized spacial score (nSPS) is 11.1. The summed E-state index contributed by atoms with van der Waals surface area (Å²) < 4.78 is 12.3. The topological polar surface area (TPSA) is 52.8 Å². The molecule has 3 rings (SSSR count). The van der Waals surface area contributed by atoms with Crippen molar-refractivity contribution in [1.82, 2.24) is 4.57 Å². The SMILES string of the molecule is CCOC(=O)c1ccc(-n2c(C)cc(C=Nc3ccc(OC)c(Cl)c3)c2C)cc1. The van der Waals surface area contributed by atoms with Gasteiger partial charge in [-0.25, -0.2) is 4.79 Å². The zero-order valence-corrected chi connectivity index (χ0v) is 17.7. The maximum atomic E-state index is 11.9.